The van der Waals surface area contributed by atoms with E-state index in [0.29, 0.717) is 17.2 Å². The second-order valence-corrected chi connectivity index (χ2v) is 9.49. The zero-order valence-corrected chi connectivity index (χ0v) is 18.0. The molecule has 7 nitrogen and oxygen atoms in total. The SMILES string of the molecule is C[C@H](NC(=O)c1cccc(NC(=O)C[C@@H]2SC(N3CCCCC3)=NC2=O)c1)C1CC1. The predicted molar refractivity (Wildman–Crippen MR) is 119 cm³/mol. The maximum atomic E-state index is 12.5. The molecule has 160 valence electrons. The summed E-state index contributed by atoms with van der Waals surface area (Å²) in [5.41, 5.74) is 1.07. The molecule has 1 aromatic rings. The lowest BCUT2D eigenvalue weighted by Crippen LogP contribution is -2.34. The monoisotopic (exact) mass is 428 g/mol. The molecule has 30 heavy (non-hydrogen) atoms. The lowest BCUT2D eigenvalue weighted by atomic mass is 10.1. The summed E-state index contributed by atoms with van der Waals surface area (Å²) >= 11 is 1.39. The Morgan fingerprint density at radius 1 is 1.23 bits per heavy atom. The van der Waals surface area contributed by atoms with E-state index in [-0.39, 0.29) is 30.2 Å². The molecule has 3 aliphatic rings. The molecule has 1 aliphatic carbocycles. The van der Waals surface area contributed by atoms with E-state index >= 15 is 0 Å². The molecule has 2 fully saturated rings. The van der Waals surface area contributed by atoms with Gasteiger partial charge < -0.3 is 15.5 Å². The van der Waals surface area contributed by atoms with Crippen molar-refractivity contribution in [2.75, 3.05) is 18.4 Å². The second-order valence-electron chi connectivity index (χ2n) is 8.32. The number of carbonyl (C=O) groups is 3. The van der Waals surface area contributed by atoms with Crippen molar-refractivity contribution in [2.24, 2.45) is 10.9 Å². The molecule has 3 amide bonds. The van der Waals surface area contributed by atoms with Crippen molar-refractivity contribution in [3.63, 3.8) is 0 Å². The molecule has 0 aromatic heterocycles. The van der Waals surface area contributed by atoms with E-state index in [4.69, 9.17) is 0 Å². The van der Waals surface area contributed by atoms with Crippen molar-refractivity contribution in [3.8, 4) is 0 Å². The number of amidine groups is 1. The molecule has 0 unspecified atom stereocenters. The Morgan fingerprint density at radius 2 is 2.00 bits per heavy atom. The largest absolute Gasteiger partial charge is 0.351 e. The van der Waals surface area contributed by atoms with Crippen LogP contribution in [0, 0.1) is 5.92 Å². The fourth-order valence-corrected chi connectivity index (χ4v) is 4.97. The highest BCUT2D eigenvalue weighted by Gasteiger charge is 2.33. The number of hydrogen-bond acceptors (Lipinski definition) is 5. The zero-order chi connectivity index (χ0) is 21.1. The number of anilines is 1. The van der Waals surface area contributed by atoms with E-state index < -0.39 is 5.25 Å². The molecule has 1 aromatic carbocycles. The van der Waals surface area contributed by atoms with Crippen molar-refractivity contribution in [2.45, 2.75) is 56.7 Å². The minimum absolute atomic E-state index is 0.0689. The molecule has 2 heterocycles. The Morgan fingerprint density at radius 3 is 2.73 bits per heavy atom. The van der Waals surface area contributed by atoms with Crippen molar-refractivity contribution >= 4 is 40.3 Å². The van der Waals surface area contributed by atoms with Crippen LogP contribution in [0.1, 0.15) is 55.8 Å². The second kappa shape index (κ2) is 9.20. The Bertz CT molecular complexity index is 862. The van der Waals surface area contributed by atoms with Crippen molar-refractivity contribution in [3.05, 3.63) is 29.8 Å². The van der Waals surface area contributed by atoms with Crippen LogP contribution in [0.5, 0.6) is 0 Å². The third-order valence-electron chi connectivity index (χ3n) is 5.82. The van der Waals surface area contributed by atoms with E-state index in [2.05, 4.69) is 20.5 Å². The number of likely N-dealkylation sites (tertiary alicyclic amines) is 1. The van der Waals surface area contributed by atoms with E-state index in [9.17, 15) is 14.4 Å². The quantitative estimate of drug-likeness (QED) is 0.727. The highest BCUT2D eigenvalue weighted by atomic mass is 32.2. The number of nitrogens with one attached hydrogen (secondary N) is 2. The Hall–Kier alpha value is -2.35. The Balaban J connectivity index is 1.30. The maximum absolute atomic E-state index is 12.5. The van der Waals surface area contributed by atoms with Gasteiger partial charge in [0.05, 0.1) is 0 Å². The van der Waals surface area contributed by atoms with E-state index in [1.807, 2.05) is 6.92 Å². The molecule has 2 atom stereocenters. The third-order valence-corrected chi connectivity index (χ3v) is 7.04. The van der Waals surface area contributed by atoms with Gasteiger partial charge in [0.25, 0.3) is 11.8 Å². The predicted octanol–water partition coefficient (Wildman–Crippen LogP) is 3.03. The molecule has 8 heteroatoms. The summed E-state index contributed by atoms with van der Waals surface area (Å²) in [5, 5.41) is 6.11. The van der Waals surface area contributed by atoms with Crippen molar-refractivity contribution in [1.82, 2.24) is 10.2 Å². The van der Waals surface area contributed by atoms with Gasteiger partial charge in [-0.3, -0.25) is 14.4 Å². The highest BCUT2D eigenvalue weighted by Crippen LogP contribution is 2.32. The molecular formula is C22H28N4O3S. The number of aliphatic imine (C=N–C) groups is 1. The van der Waals surface area contributed by atoms with Crippen LogP contribution in [-0.2, 0) is 9.59 Å². The molecule has 0 spiro atoms. The lowest BCUT2D eigenvalue weighted by molar-refractivity contribution is -0.121. The van der Waals surface area contributed by atoms with Crippen molar-refractivity contribution in [1.29, 1.82) is 0 Å². The van der Waals surface area contributed by atoms with Crippen LogP contribution >= 0.6 is 11.8 Å². The third kappa shape index (κ3) is 5.22. The van der Waals surface area contributed by atoms with Gasteiger partial charge in [0.2, 0.25) is 5.91 Å². The first-order valence-corrected chi connectivity index (χ1v) is 11.6. The van der Waals surface area contributed by atoms with Gasteiger partial charge in [0.15, 0.2) is 5.17 Å². The molecular weight excluding hydrogens is 400 g/mol. The standard InChI is InChI=1S/C22H28N4O3S/c1-14(15-8-9-15)23-20(28)16-6-5-7-17(12-16)24-19(27)13-18-21(29)25-22(30-18)26-10-3-2-4-11-26/h5-7,12,14-15,18H,2-4,8-11,13H2,1H3,(H,23,28)(H,24,27)/t14-,18-/m0/s1. The van der Waals surface area contributed by atoms with Gasteiger partial charge in [-0.15, -0.1) is 0 Å². The van der Waals surface area contributed by atoms with Crippen LogP contribution in [0.3, 0.4) is 0 Å². The van der Waals surface area contributed by atoms with E-state index in [1.54, 1.807) is 24.3 Å². The summed E-state index contributed by atoms with van der Waals surface area (Å²) in [6.45, 7) is 3.87. The first-order chi connectivity index (χ1) is 14.5. The number of carbonyl (C=O) groups excluding carboxylic acids is 3. The number of benzene rings is 1. The van der Waals surface area contributed by atoms with Gasteiger partial charge in [-0.05, 0) is 63.1 Å². The van der Waals surface area contributed by atoms with Crippen LogP contribution in [0.2, 0.25) is 0 Å². The topological polar surface area (TPSA) is 90.9 Å². The van der Waals surface area contributed by atoms with Gasteiger partial charge in [-0.1, -0.05) is 17.8 Å². The number of thioether (sulfide) groups is 1. The molecule has 0 bridgehead atoms. The molecule has 0 radical (unpaired) electrons. The van der Waals surface area contributed by atoms with E-state index in [1.165, 1.54) is 31.0 Å². The van der Waals surface area contributed by atoms with Crippen LogP contribution in [0.15, 0.2) is 29.3 Å². The fourth-order valence-electron chi connectivity index (χ4n) is 3.85. The summed E-state index contributed by atoms with van der Waals surface area (Å²) in [6.07, 6.45) is 5.84. The van der Waals surface area contributed by atoms with E-state index in [0.717, 1.165) is 31.1 Å². The summed E-state index contributed by atoms with van der Waals surface area (Å²) in [6, 6.07) is 7.07. The average Bonchev–Trinajstić information content (AvgIpc) is 3.53. The molecule has 4 rings (SSSR count). The summed E-state index contributed by atoms with van der Waals surface area (Å²) < 4.78 is 0. The van der Waals surface area contributed by atoms with Gasteiger partial charge in [-0.25, -0.2) is 0 Å². The van der Waals surface area contributed by atoms with Gasteiger partial charge >= 0.3 is 0 Å². The fraction of sp³-hybridized carbons (Fsp3) is 0.545. The van der Waals surface area contributed by atoms with Crippen LogP contribution in [-0.4, -0.2) is 52.2 Å². The lowest BCUT2D eigenvalue weighted by Gasteiger charge is -2.27. The Kier molecular flexibility index (Phi) is 6.41. The number of amides is 3. The smallest absolute Gasteiger partial charge is 0.262 e. The average molecular weight is 429 g/mol. The first-order valence-electron chi connectivity index (χ1n) is 10.7. The molecule has 1 saturated carbocycles. The van der Waals surface area contributed by atoms with Gasteiger partial charge in [-0.2, -0.15) is 4.99 Å². The summed E-state index contributed by atoms with van der Waals surface area (Å²) in [4.78, 5) is 43.5. The minimum atomic E-state index is -0.479. The highest BCUT2D eigenvalue weighted by molar-refractivity contribution is 8.15. The normalized spacial score (nSPS) is 22.4. The number of rotatable bonds is 6. The number of hydrogen-bond donors (Lipinski definition) is 2. The summed E-state index contributed by atoms with van der Waals surface area (Å²) in [5.74, 6) is -0.0419. The van der Waals surface area contributed by atoms with Gasteiger partial charge in [0.1, 0.15) is 5.25 Å². The Labute approximate surface area is 181 Å². The number of piperidine rings is 1. The molecule has 2 N–H and O–H groups in total. The maximum Gasteiger partial charge on any atom is 0.262 e. The summed E-state index contributed by atoms with van der Waals surface area (Å²) in [7, 11) is 0. The zero-order valence-electron chi connectivity index (χ0n) is 17.2. The minimum Gasteiger partial charge on any atom is -0.351 e. The number of nitrogens with zero attached hydrogens (tertiary/aromatic N) is 2. The van der Waals surface area contributed by atoms with Crippen LogP contribution < -0.4 is 10.6 Å². The molecule has 2 aliphatic heterocycles. The van der Waals surface area contributed by atoms with Crippen molar-refractivity contribution < 1.29 is 14.4 Å². The molecule has 1 saturated heterocycles. The van der Waals surface area contributed by atoms with Gasteiger partial charge in [0, 0.05) is 36.8 Å². The van der Waals surface area contributed by atoms with Crippen LogP contribution in [0.4, 0.5) is 5.69 Å². The first kappa shape index (κ1) is 20.9. The van der Waals surface area contributed by atoms with Crippen LogP contribution in [0.25, 0.3) is 0 Å².